The van der Waals surface area contributed by atoms with Gasteiger partial charge >= 0.3 is 5.69 Å². The molecule has 0 aliphatic heterocycles. The summed E-state index contributed by atoms with van der Waals surface area (Å²) in [7, 11) is 3.10. The van der Waals surface area contributed by atoms with E-state index in [4.69, 9.17) is 32.7 Å². The smallest absolute Gasteiger partial charge is 0.332 e. The van der Waals surface area contributed by atoms with Crippen LogP contribution in [0.5, 0.6) is 11.5 Å². The highest BCUT2D eigenvalue weighted by Gasteiger charge is 2.17. The Morgan fingerprint density at radius 1 is 0.829 bits per heavy atom. The van der Waals surface area contributed by atoms with Crippen molar-refractivity contribution in [2.45, 2.75) is 26.1 Å². The highest BCUT2D eigenvalue weighted by Crippen LogP contribution is 2.27. The van der Waals surface area contributed by atoms with E-state index in [1.165, 1.54) is 4.57 Å². The van der Waals surface area contributed by atoms with Crippen LogP contribution in [0.4, 0.5) is 0 Å². The van der Waals surface area contributed by atoms with Crippen LogP contribution < -0.4 is 31.4 Å². The van der Waals surface area contributed by atoms with Crippen LogP contribution in [0.2, 0.25) is 10.0 Å². The van der Waals surface area contributed by atoms with Crippen LogP contribution >= 0.6 is 23.2 Å². The molecule has 0 aliphatic carbocycles. The summed E-state index contributed by atoms with van der Waals surface area (Å²) in [6, 6.07) is 16.8. The molecule has 0 aliphatic rings. The fourth-order valence-electron chi connectivity index (χ4n) is 4.30. The molecule has 0 atom stereocenters. The Kier molecular flexibility index (Phi) is 9.69. The van der Waals surface area contributed by atoms with Gasteiger partial charge in [-0.15, -0.1) is 0 Å². The zero-order chi connectivity index (χ0) is 29.5. The zero-order valence-electron chi connectivity index (χ0n) is 22.4. The molecule has 214 valence electrons. The van der Waals surface area contributed by atoms with Gasteiger partial charge in [0.1, 0.15) is 13.1 Å². The van der Waals surface area contributed by atoms with Crippen molar-refractivity contribution in [3.05, 3.63) is 103 Å². The van der Waals surface area contributed by atoms with Gasteiger partial charge in [-0.2, -0.15) is 0 Å². The summed E-state index contributed by atoms with van der Waals surface area (Å²) < 4.78 is 12.6. The minimum Gasteiger partial charge on any atom is -0.493 e. The molecule has 4 rings (SSSR count). The third kappa shape index (κ3) is 7.08. The second-order valence-electron chi connectivity index (χ2n) is 9.08. The normalized spacial score (nSPS) is 10.8. The topological polar surface area (TPSA) is 121 Å². The molecular formula is C29H28Cl2N4O6. The Morgan fingerprint density at radius 2 is 1.54 bits per heavy atom. The van der Waals surface area contributed by atoms with Gasteiger partial charge in [0.05, 0.1) is 25.1 Å². The Morgan fingerprint density at radius 3 is 2.27 bits per heavy atom. The van der Waals surface area contributed by atoms with E-state index in [1.54, 1.807) is 62.8 Å². The van der Waals surface area contributed by atoms with E-state index in [0.29, 0.717) is 45.6 Å². The summed E-state index contributed by atoms with van der Waals surface area (Å²) in [5.41, 5.74) is 0.434. The number of benzene rings is 3. The molecule has 1 aromatic heterocycles. The number of para-hydroxylation sites is 1. The molecule has 2 amide bonds. The number of amides is 2. The van der Waals surface area contributed by atoms with Gasteiger partial charge in [-0.25, -0.2) is 4.79 Å². The molecule has 0 spiro atoms. The van der Waals surface area contributed by atoms with E-state index in [-0.39, 0.29) is 18.5 Å². The number of rotatable bonds is 11. The molecule has 3 aromatic carbocycles. The first-order chi connectivity index (χ1) is 19.7. The van der Waals surface area contributed by atoms with Gasteiger partial charge in [-0.1, -0.05) is 47.5 Å². The molecular weight excluding hydrogens is 571 g/mol. The van der Waals surface area contributed by atoms with Crippen molar-refractivity contribution in [3.63, 3.8) is 0 Å². The SMILES string of the molecule is COc1ccc(CCNC(=O)Cn2c(=O)n(CC(=O)NCc3ccc(Cl)cc3Cl)c(=O)c3ccccc32)cc1OC. The molecule has 10 nitrogen and oxygen atoms in total. The summed E-state index contributed by atoms with van der Waals surface area (Å²) >= 11 is 12.1. The number of nitrogens with one attached hydrogen (secondary N) is 2. The number of halogens is 2. The number of aromatic nitrogens is 2. The first-order valence-corrected chi connectivity index (χ1v) is 13.4. The van der Waals surface area contributed by atoms with Crippen molar-refractivity contribution in [2.24, 2.45) is 0 Å². The maximum absolute atomic E-state index is 13.4. The van der Waals surface area contributed by atoms with Crippen molar-refractivity contribution in [2.75, 3.05) is 20.8 Å². The van der Waals surface area contributed by atoms with Gasteiger partial charge < -0.3 is 20.1 Å². The van der Waals surface area contributed by atoms with Gasteiger partial charge in [0.2, 0.25) is 11.8 Å². The van der Waals surface area contributed by atoms with Crippen LogP contribution in [0.15, 0.2) is 70.3 Å². The molecule has 0 fully saturated rings. The standard InChI is InChI=1S/C29H28Cl2N4O6/c1-40-24-10-7-18(13-25(24)41-2)11-12-32-26(36)16-34-23-6-4-3-5-21(23)28(38)35(29(34)39)17-27(37)33-15-19-8-9-20(30)14-22(19)31/h3-10,13-14H,11-12,15-17H2,1-2H3,(H,32,36)(H,33,37). The molecule has 0 radical (unpaired) electrons. The van der Waals surface area contributed by atoms with Crippen molar-refractivity contribution in [1.82, 2.24) is 19.8 Å². The van der Waals surface area contributed by atoms with Crippen molar-refractivity contribution < 1.29 is 19.1 Å². The average molecular weight is 599 g/mol. The fraction of sp³-hybridized carbons (Fsp3) is 0.241. The quantitative estimate of drug-likeness (QED) is 0.273. The summed E-state index contributed by atoms with van der Waals surface area (Å²) in [6.45, 7) is -0.494. The van der Waals surface area contributed by atoms with E-state index in [9.17, 15) is 19.2 Å². The largest absolute Gasteiger partial charge is 0.493 e. The third-order valence-corrected chi connectivity index (χ3v) is 7.00. The lowest BCUT2D eigenvalue weighted by molar-refractivity contribution is -0.122. The van der Waals surface area contributed by atoms with E-state index in [0.717, 1.165) is 10.1 Å². The number of ether oxygens (including phenoxy) is 2. The second-order valence-corrected chi connectivity index (χ2v) is 9.92. The van der Waals surface area contributed by atoms with Crippen LogP contribution in [0.1, 0.15) is 11.1 Å². The molecule has 12 heteroatoms. The summed E-state index contributed by atoms with van der Waals surface area (Å²) in [5, 5.41) is 6.50. The third-order valence-electron chi connectivity index (χ3n) is 6.41. The lowest BCUT2D eigenvalue weighted by Crippen LogP contribution is -2.45. The number of methoxy groups -OCH3 is 2. The first kappa shape index (κ1) is 29.7. The van der Waals surface area contributed by atoms with E-state index in [1.807, 2.05) is 12.1 Å². The number of hydrogen-bond acceptors (Lipinski definition) is 6. The monoisotopic (exact) mass is 598 g/mol. The minimum absolute atomic E-state index is 0.0772. The molecule has 4 aromatic rings. The van der Waals surface area contributed by atoms with Crippen molar-refractivity contribution >= 4 is 45.9 Å². The number of fused-ring (bicyclic) bond motifs is 1. The van der Waals surface area contributed by atoms with Crippen LogP contribution in [0.25, 0.3) is 10.9 Å². The van der Waals surface area contributed by atoms with Gasteiger partial charge in [0.15, 0.2) is 11.5 Å². The Balaban J connectivity index is 1.48. The maximum atomic E-state index is 13.4. The predicted octanol–water partition coefficient (Wildman–Crippen LogP) is 3.16. The van der Waals surface area contributed by atoms with Gasteiger partial charge in [-0.05, 0) is 53.9 Å². The highest BCUT2D eigenvalue weighted by atomic mass is 35.5. The number of hydrogen-bond donors (Lipinski definition) is 2. The minimum atomic E-state index is -0.775. The summed E-state index contributed by atoms with van der Waals surface area (Å²) in [4.78, 5) is 52.1. The lowest BCUT2D eigenvalue weighted by atomic mass is 10.1. The molecule has 0 saturated carbocycles. The molecule has 0 saturated heterocycles. The maximum Gasteiger partial charge on any atom is 0.332 e. The Bertz CT molecular complexity index is 1720. The highest BCUT2D eigenvalue weighted by molar-refractivity contribution is 6.35. The fourth-order valence-corrected chi connectivity index (χ4v) is 4.78. The molecule has 41 heavy (non-hydrogen) atoms. The van der Waals surface area contributed by atoms with Crippen LogP contribution in [0, 0.1) is 0 Å². The lowest BCUT2D eigenvalue weighted by Gasteiger charge is -2.14. The van der Waals surface area contributed by atoms with E-state index in [2.05, 4.69) is 10.6 Å². The number of carbonyl (C=O) groups is 2. The molecule has 0 bridgehead atoms. The average Bonchev–Trinajstić information content (AvgIpc) is 2.97. The van der Waals surface area contributed by atoms with Crippen molar-refractivity contribution in [1.29, 1.82) is 0 Å². The van der Waals surface area contributed by atoms with Crippen LogP contribution in [0.3, 0.4) is 0 Å². The first-order valence-electron chi connectivity index (χ1n) is 12.6. The molecule has 2 N–H and O–H groups in total. The van der Waals surface area contributed by atoms with E-state index >= 15 is 0 Å². The van der Waals surface area contributed by atoms with Gasteiger partial charge in [0.25, 0.3) is 5.56 Å². The Hall–Kier alpha value is -4.28. The van der Waals surface area contributed by atoms with Gasteiger partial charge in [-0.3, -0.25) is 23.5 Å². The number of nitrogens with zero attached hydrogens (tertiary/aromatic N) is 2. The van der Waals surface area contributed by atoms with E-state index < -0.39 is 29.6 Å². The predicted molar refractivity (Wildman–Crippen MR) is 157 cm³/mol. The Labute approximate surface area is 245 Å². The zero-order valence-corrected chi connectivity index (χ0v) is 23.9. The number of carbonyl (C=O) groups excluding carboxylic acids is 2. The second kappa shape index (κ2) is 13.4. The van der Waals surface area contributed by atoms with Crippen LogP contribution in [-0.4, -0.2) is 41.7 Å². The van der Waals surface area contributed by atoms with Gasteiger partial charge in [0, 0.05) is 23.1 Å². The van der Waals surface area contributed by atoms with Crippen LogP contribution in [-0.2, 0) is 35.6 Å². The summed E-state index contributed by atoms with van der Waals surface area (Å²) in [5.74, 6) is 0.183. The summed E-state index contributed by atoms with van der Waals surface area (Å²) in [6.07, 6.45) is 0.513. The molecule has 0 unspecified atom stereocenters. The van der Waals surface area contributed by atoms with Crippen molar-refractivity contribution in [3.8, 4) is 11.5 Å². The molecule has 1 heterocycles.